The van der Waals surface area contributed by atoms with Crippen LogP contribution in [0.5, 0.6) is 0 Å². The fourth-order valence-electron chi connectivity index (χ4n) is 3.09. The average molecular weight is 407 g/mol. The Bertz CT molecular complexity index is 960. The lowest BCUT2D eigenvalue weighted by atomic mass is 10.0. The van der Waals surface area contributed by atoms with Gasteiger partial charge in [0.1, 0.15) is 11.9 Å². The Morgan fingerprint density at radius 3 is 2.32 bits per heavy atom. The number of benzene rings is 2. The maximum atomic E-state index is 14.3. The van der Waals surface area contributed by atoms with Crippen molar-refractivity contribution in [2.45, 2.75) is 46.2 Å². The van der Waals surface area contributed by atoms with Gasteiger partial charge in [0.25, 0.3) is 0 Å². The van der Waals surface area contributed by atoms with E-state index < -0.39 is 27.8 Å². The topological polar surface area (TPSA) is 66.5 Å². The number of carbonyl (C=O) groups is 1. The Hall–Kier alpha value is -2.41. The molecule has 1 N–H and O–H groups in total. The standard InChI is InChI=1S/C21H27FN2O3S/c1-6-19(24(28(5,26)27)20-10-8-7-9-18(20)22)21(25)23-16(4)17-12-11-14(2)15(3)13-17/h7-13,16,19H,6H2,1-5H3,(H,23,25)/t16-,19-/m0/s1. The molecule has 0 bridgehead atoms. The van der Waals surface area contributed by atoms with Crippen LogP contribution in [0, 0.1) is 19.7 Å². The summed E-state index contributed by atoms with van der Waals surface area (Å²) in [5.41, 5.74) is 3.04. The fraction of sp³-hybridized carbons (Fsp3) is 0.381. The molecule has 2 aromatic carbocycles. The molecule has 2 aromatic rings. The van der Waals surface area contributed by atoms with Gasteiger partial charge in [-0.25, -0.2) is 12.8 Å². The summed E-state index contributed by atoms with van der Waals surface area (Å²) < 4.78 is 40.0. The molecular formula is C21H27FN2O3S. The molecule has 0 radical (unpaired) electrons. The highest BCUT2D eigenvalue weighted by Crippen LogP contribution is 2.26. The normalized spacial score (nSPS) is 13.6. The molecule has 2 atom stereocenters. The number of nitrogens with one attached hydrogen (secondary N) is 1. The molecule has 5 nitrogen and oxygen atoms in total. The highest BCUT2D eigenvalue weighted by atomic mass is 32.2. The summed E-state index contributed by atoms with van der Waals surface area (Å²) >= 11 is 0. The molecule has 1 amide bonds. The first kappa shape index (κ1) is 21.9. The number of hydrogen-bond donors (Lipinski definition) is 1. The molecule has 0 aromatic heterocycles. The smallest absolute Gasteiger partial charge is 0.244 e. The van der Waals surface area contributed by atoms with Crippen LogP contribution in [-0.4, -0.2) is 26.6 Å². The molecule has 0 spiro atoms. The number of carbonyl (C=O) groups excluding carboxylic acids is 1. The zero-order valence-corrected chi connectivity index (χ0v) is 17.7. The minimum absolute atomic E-state index is 0.133. The van der Waals surface area contributed by atoms with Crippen molar-refractivity contribution >= 4 is 21.6 Å². The van der Waals surface area contributed by atoms with E-state index in [1.54, 1.807) is 13.0 Å². The summed E-state index contributed by atoms with van der Waals surface area (Å²) in [6.45, 7) is 7.53. The number of anilines is 1. The summed E-state index contributed by atoms with van der Waals surface area (Å²) in [4.78, 5) is 12.9. The van der Waals surface area contributed by atoms with E-state index in [-0.39, 0.29) is 18.2 Å². The van der Waals surface area contributed by atoms with Gasteiger partial charge in [-0.05, 0) is 56.0 Å². The van der Waals surface area contributed by atoms with Crippen molar-refractivity contribution in [1.82, 2.24) is 5.32 Å². The Balaban J connectivity index is 2.34. The second-order valence-corrected chi connectivity index (χ2v) is 8.87. The number of nitrogens with zero attached hydrogens (tertiary/aromatic N) is 1. The number of para-hydroxylation sites is 1. The highest BCUT2D eigenvalue weighted by molar-refractivity contribution is 7.92. The molecular weight excluding hydrogens is 379 g/mol. The van der Waals surface area contributed by atoms with Crippen LogP contribution < -0.4 is 9.62 Å². The van der Waals surface area contributed by atoms with Crippen LogP contribution in [0.3, 0.4) is 0 Å². The quantitative estimate of drug-likeness (QED) is 0.759. The van der Waals surface area contributed by atoms with Crippen molar-refractivity contribution in [3.05, 3.63) is 65.0 Å². The number of rotatable bonds is 7. The Morgan fingerprint density at radius 1 is 1.14 bits per heavy atom. The monoisotopic (exact) mass is 406 g/mol. The molecule has 0 saturated heterocycles. The van der Waals surface area contributed by atoms with E-state index in [4.69, 9.17) is 0 Å². The largest absolute Gasteiger partial charge is 0.348 e. The van der Waals surface area contributed by atoms with Crippen LogP contribution in [-0.2, 0) is 14.8 Å². The van der Waals surface area contributed by atoms with Crippen molar-refractivity contribution in [2.24, 2.45) is 0 Å². The molecule has 7 heteroatoms. The minimum atomic E-state index is -3.88. The van der Waals surface area contributed by atoms with Crippen LogP contribution in [0.2, 0.25) is 0 Å². The molecule has 0 aliphatic carbocycles. The maximum Gasteiger partial charge on any atom is 0.244 e. The van der Waals surface area contributed by atoms with Gasteiger partial charge in [0.15, 0.2) is 0 Å². The first-order chi connectivity index (χ1) is 13.1. The molecule has 152 valence electrons. The third-order valence-electron chi connectivity index (χ3n) is 4.81. The van der Waals surface area contributed by atoms with Crippen molar-refractivity contribution in [1.29, 1.82) is 0 Å². The fourth-order valence-corrected chi connectivity index (χ4v) is 4.31. The van der Waals surface area contributed by atoms with E-state index in [1.807, 2.05) is 39.0 Å². The molecule has 0 unspecified atom stereocenters. The summed E-state index contributed by atoms with van der Waals surface area (Å²) in [7, 11) is -3.88. The second kappa shape index (κ2) is 8.73. The molecule has 28 heavy (non-hydrogen) atoms. The summed E-state index contributed by atoms with van der Waals surface area (Å²) in [6.07, 6.45) is 1.18. The average Bonchev–Trinajstić information content (AvgIpc) is 2.61. The van der Waals surface area contributed by atoms with Gasteiger partial charge in [0.05, 0.1) is 18.0 Å². The van der Waals surface area contributed by atoms with Gasteiger partial charge >= 0.3 is 0 Å². The third kappa shape index (κ3) is 4.90. The van der Waals surface area contributed by atoms with Gasteiger partial charge in [-0.2, -0.15) is 0 Å². The second-order valence-electron chi connectivity index (χ2n) is 7.01. The first-order valence-corrected chi connectivity index (χ1v) is 11.0. The van der Waals surface area contributed by atoms with E-state index in [0.717, 1.165) is 27.3 Å². The number of hydrogen-bond acceptors (Lipinski definition) is 3. The zero-order chi connectivity index (χ0) is 21.1. The Morgan fingerprint density at radius 2 is 1.79 bits per heavy atom. The predicted molar refractivity (Wildman–Crippen MR) is 110 cm³/mol. The lowest BCUT2D eigenvalue weighted by Gasteiger charge is -2.31. The zero-order valence-electron chi connectivity index (χ0n) is 16.9. The summed E-state index contributed by atoms with van der Waals surface area (Å²) in [6, 6.07) is 10.1. The molecule has 0 saturated carbocycles. The van der Waals surface area contributed by atoms with Gasteiger partial charge in [-0.3, -0.25) is 9.10 Å². The van der Waals surface area contributed by atoms with Gasteiger partial charge in [0.2, 0.25) is 15.9 Å². The van der Waals surface area contributed by atoms with Crippen LogP contribution in [0.1, 0.15) is 43.0 Å². The number of sulfonamides is 1. The predicted octanol–water partition coefficient (Wildman–Crippen LogP) is 3.86. The van der Waals surface area contributed by atoms with Gasteiger partial charge in [-0.1, -0.05) is 37.3 Å². The van der Waals surface area contributed by atoms with Gasteiger partial charge in [0, 0.05) is 0 Å². The molecule has 2 rings (SSSR count). The van der Waals surface area contributed by atoms with E-state index in [0.29, 0.717) is 0 Å². The van der Waals surface area contributed by atoms with Crippen LogP contribution in [0.15, 0.2) is 42.5 Å². The van der Waals surface area contributed by atoms with Crippen molar-refractivity contribution in [3.63, 3.8) is 0 Å². The summed E-state index contributed by atoms with van der Waals surface area (Å²) in [5, 5.41) is 2.87. The number of aryl methyl sites for hydroxylation is 2. The molecule has 0 heterocycles. The first-order valence-electron chi connectivity index (χ1n) is 9.17. The van der Waals surface area contributed by atoms with Crippen molar-refractivity contribution in [3.8, 4) is 0 Å². The van der Waals surface area contributed by atoms with Gasteiger partial charge < -0.3 is 5.32 Å². The van der Waals surface area contributed by atoms with E-state index in [1.165, 1.54) is 18.2 Å². The lowest BCUT2D eigenvalue weighted by Crippen LogP contribution is -2.50. The minimum Gasteiger partial charge on any atom is -0.348 e. The van der Waals surface area contributed by atoms with Crippen LogP contribution in [0.4, 0.5) is 10.1 Å². The van der Waals surface area contributed by atoms with Crippen LogP contribution in [0.25, 0.3) is 0 Å². The molecule has 0 aliphatic rings. The molecule has 0 aliphatic heterocycles. The van der Waals surface area contributed by atoms with Crippen molar-refractivity contribution in [2.75, 3.05) is 10.6 Å². The lowest BCUT2D eigenvalue weighted by molar-refractivity contribution is -0.122. The maximum absolute atomic E-state index is 14.3. The van der Waals surface area contributed by atoms with Crippen molar-refractivity contribution < 1.29 is 17.6 Å². The number of halogens is 1. The Labute approximate surface area is 166 Å². The Kier molecular flexibility index (Phi) is 6.82. The summed E-state index contributed by atoms with van der Waals surface area (Å²) in [5.74, 6) is -1.16. The number of amides is 1. The van der Waals surface area contributed by atoms with Crippen LogP contribution >= 0.6 is 0 Å². The SMILES string of the molecule is CC[C@@H](C(=O)N[C@@H](C)c1ccc(C)c(C)c1)N(c1ccccc1F)S(C)(=O)=O. The van der Waals surface area contributed by atoms with E-state index in [9.17, 15) is 17.6 Å². The highest BCUT2D eigenvalue weighted by Gasteiger charge is 2.33. The van der Waals surface area contributed by atoms with E-state index in [2.05, 4.69) is 5.32 Å². The van der Waals surface area contributed by atoms with E-state index >= 15 is 0 Å². The van der Waals surface area contributed by atoms with Gasteiger partial charge in [-0.15, -0.1) is 0 Å². The molecule has 0 fully saturated rings. The third-order valence-corrected chi connectivity index (χ3v) is 5.98.